The van der Waals surface area contributed by atoms with Gasteiger partial charge in [-0.1, -0.05) is 0 Å². The summed E-state index contributed by atoms with van der Waals surface area (Å²) < 4.78 is 20.7. The zero-order chi connectivity index (χ0) is 12.7. The largest absolute Gasteiger partial charge is 0.494 e. The lowest BCUT2D eigenvalue weighted by molar-refractivity contribution is 0.387. The van der Waals surface area contributed by atoms with Crippen molar-refractivity contribution in [3.63, 3.8) is 0 Å². The van der Waals surface area contributed by atoms with Gasteiger partial charge in [0, 0.05) is 18.7 Å². The maximum Gasteiger partial charge on any atom is 0.167 e. The highest BCUT2D eigenvalue weighted by molar-refractivity contribution is 6.16. The van der Waals surface area contributed by atoms with Crippen LogP contribution < -0.4 is 4.74 Å². The summed E-state index contributed by atoms with van der Waals surface area (Å²) in [5.74, 6) is 1.71. The van der Waals surface area contributed by atoms with Gasteiger partial charge >= 0.3 is 0 Å². The molecule has 1 aliphatic carbocycles. The Morgan fingerprint density at radius 2 is 2.28 bits per heavy atom. The number of rotatable bonds is 4. The minimum atomic E-state index is -0.387. The Kier molecular flexibility index (Phi) is 2.90. The monoisotopic (exact) mass is 268 g/mol. The van der Waals surface area contributed by atoms with Gasteiger partial charge in [0.2, 0.25) is 0 Å². The van der Waals surface area contributed by atoms with E-state index in [1.807, 2.05) is 0 Å². The number of nitrogens with zero attached hydrogens (tertiary/aromatic N) is 2. The van der Waals surface area contributed by atoms with E-state index in [1.165, 1.54) is 26.0 Å². The molecule has 5 heteroatoms. The third-order valence-electron chi connectivity index (χ3n) is 3.36. The zero-order valence-electron chi connectivity index (χ0n) is 10.1. The summed E-state index contributed by atoms with van der Waals surface area (Å²) in [5.41, 5.74) is 1.54. The lowest BCUT2D eigenvalue weighted by atomic mass is 10.2. The minimum absolute atomic E-state index is 0.251. The van der Waals surface area contributed by atoms with E-state index >= 15 is 0 Å². The fourth-order valence-electron chi connectivity index (χ4n) is 2.20. The van der Waals surface area contributed by atoms with Crippen LogP contribution in [0.1, 0.15) is 18.7 Å². The predicted molar refractivity (Wildman–Crippen MR) is 68.5 cm³/mol. The molecule has 0 bridgehead atoms. The molecular formula is C13H14ClFN2O. The molecule has 1 aromatic carbocycles. The first-order chi connectivity index (χ1) is 8.72. The van der Waals surface area contributed by atoms with Crippen LogP contribution >= 0.6 is 11.6 Å². The van der Waals surface area contributed by atoms with Gasteiger partial charge in [0.25, 0.3) is 0 Å². The number of hydrogen-bond donors (Lipinski definition) is 0. The molecule has 0 amide bonds. The second-order valence-electron chi connectivity index (χ2n) is 4.69. The standard InChI is InChI=1S/C13H14ClFN2O/c1-18-12-5-11-10(4-9(12)15)16-13(6-14)17(11)7-8-2-3-8/h4-5,8H,2-3,6-7H2,1H3. The fraction of sp³-hybridized carbons (Fsp3) is 0.462. The predicted octanol–water partition coefficient (Wildman–Crippen LogP) is 3.33. The van der Waals surface area contributed by atoms with Crippen molar-refractivity contribution in [3.05, 3.63) is 23.8 Å². The van der Waals surface area contributed by atoms with Crippen LogP contribution in [-0.2, 0) is 12.4 Å². The van der Waals surface area contributed by atoms with Crippen molar-refractivity contribution in [1.82, 2.24) is 9.55 Å². The number of benzene rings is 1. The third-order valence-corrected chi connectivity index (χ3v) is 3.60. The van der Waals surface area contributed by atoms with E-state index in [4.69, 9.17) is 16.3 Å². The first-order valence-corrected chi connectivity index (χ1v) is 6.55. The molecule has 0 N–H and O–H groups in total. The highest BCUT2D eigenvalue weighted by Crippen LogP contribution is 2.34. The number of aromatic nitrogens is 2. The van der Waals surface area contributed by atoms with Gasteiger partial charge in [-0.05, 0) is 18.8 Å². The molecule has 3 rings (SSSR count). The molecule has 1 aliphatic rings. The van der Waals surface area contributed by atoms with Gasteiger partial charge in [-0.2, -0.15) is 0 Å². The van der Waals surface area contributed by atoms with Crippen molar-refractivity contribution < 1.29 is 9.13 Å². The number of alkyl halides is 1. The minimum Gasteiger partial charge on any atom is -0.494 e. The molecule has 96 valence electrons. The third kappa shape index (κ3) is 1.94. The van der Waals surface area contributed by atoms with Crippen molar-refractivity contribution in [2.45, 2.75) is 25.3 Å². The Morgan fingerprint density at radius 3 is 2.89 bits per heavy atom. The van der Waals surface area contributed by atoms with Crippen molar-refractivity contribution in [1.29, 1.82) is 0 Å². The maximum atomic E-state index is 13.6. The van der Waals surface area contributed by atoms with Gasteiger partial charge < -0.3 is 9.30 Å². The lowest BCUT2D eigenvalue weighted by Crippen LogP contribution is -2.04. The first-order valence-electron chi connectivity index (χ1n) is 6.01. The zero-order valence-corrected chi connectivity index (χ0v) is 10.9. The molecule has 2 aromatic rings. The molecular weight excluding hydrogens is 255 g/mol. The van der Waals surface area contributed by atoms with Gasteiger partial charge in [-0.3, -0.25) is 0 Å². The van der Waals surface area contributed by atoms with Crippen molar-refractivity contribution in [3.8, 4) is 5.75 Å². The van der Waals surface area contributed by atoms with E-state index in [2.05, 4.69) is 9.55 Å². The molecule has 1 saturated carbocycles. The molecule has 0 aliphatic heterocycles. The number of ether oxygens (including phenoxy) is 1. The summed E-state index contributed by atoms with van der Waals surface area (Å²) in [6.45, 7) is 0.910. The first kappa shape index (κ1) is 11.8. The Morgan fingerprint density at radius 1 is 1.50 bits per heavy atom. The molecule has 0 unspecified atom stereocenters. The molecule has 1 aromatic heterocycles. The van der Waals surface area contributed by atoms with Crippen LogP contribution in [0.4, 0.5) is 4.39 Å². The van der Waals surface area contributed by atoms with Crippen LogP contribution in [0.25, 0.3) is 11.0 Å². The summed E-state index contributed by atoms with van der Waals surface area (Å²) in [6, 6.07) is 3.11. The molecule has 1 heterocycles. The van der Waals surface area contributed by atoms with Crippen LogP contribution in [0, 0.1) is 11.7 Å². The second kappa shape index (κ2) is 4.43. The summed E-state index contributed by atoms with van der Waals surface area (Å²) in [5, 5.41) is 0. The topological polar surface area (TPSA) is 27.1 Å². The lowest BCUT2D eigenvalue weighted by Gasteiger charge is -2.07. The molecule has 0 atom stereocenters. The van der Waals surface area contributed by atoms with Gasteiger partial charge in [-0.15, -0.1) is 11.6 Å². The maximum absolute atomic E-state index is 13.6. The molecule has 3 nitrogen and oxygen atoms in total. The highest BCUT2D eigenvalue weighted by Gasteiger charge is 2.24. The van der Waals surface area contributed by atoms with Gasteiger partial charge in [0.1, 0.15) is 5.82 Å². The van der Waals surface area contributed by atoms with Crippen LogP contribution in [0.15, 0.2) is 12.1 Å². The van der Waals surface area contributed by atoms with E-state index in [0.717, 1.165) is 17.9 Å². The fourth-order valence-corrected chi connectivity index (χ4v) is 2.40. The van der Waals surface area contributed by atoms with Crippen LogP contribution in [0.2, 0.25) is 0 Å². The summed E-state index contributed by atoms with van der Waals surface area (Å²) >= 11 is 5.91. The van der Waals surface area contributed by atoms with E-state index in [1.54, 1.807) is 6.07 Å². The number of imidazole rings is 1. The van der Waals surface area contributed by atoms with Crippen molar-refractivity contribution in [2.24, 2.45) is 5.92 Å². The SMILES string of the molecule is COc1cc2c(cc1F)nc(CCl)n2CC1CC1. The average Bonchev–Trinajstić information content (AvgIpc) is 3.12. The molecule has 18 heavy (non-hydrogen) atoms. The Bertz CT molecular complexity index is 592. The quantitative estimate of drug-likeness (QED) is 0.796. The second-order valence-corrected chi connectivity index (χ2v) is 4.96. The van der Waals surface area contributed by atoms with Gasteiger partial charge in [-0.25, -0.2) is 9.37 Å². The van der Waals surface area contributed by atoms with Crippen molar-refractivity contribution in [2.75, 3.05) is 7.11 Å². The highest BCUT2D eigenvalue weighted by atomic mass is 35.5. The molecule has 0 spiro atoms. The van der Waals surface area contributed by atoms with Gasteiger partial charge in [0.15, 0.2) is 11.6 Å². The average molecular weight is 269 g/mol. The van der Waals surface area contributed by atoms with Crippen molar-refractivity contribution >= 4 is 22.6 Å². The number of methoxy groups -OCH3 is 1. The molecule has 1 fully saturated rings. The van der Waals surface area contributed by atoms with Crippen LogP contribution in [0.5, 0.6) is 5.75 Å². The number of hydrogen-bond acceptors (Lipinski definition) is 2. The summed E-state index contributed by atoms with van der Waals surface area (Å²) in [6.07, 6.45) is 2.50. The molecule has 0 saturated heterocycles. The Balaban J connectivity index is 2.16. The summed E-state index contributed by atoms with van der Waals surface area (Å²) in [4.78, 5) is 4.38. The Labute approximate surface area is 110 Å². The van der Waals surface area contributed by atoms with E-state index in [0.29, 0.717) is 17.3 Å². The van der Waals surface area contributed by atoms with E-state index in [-0.39, 0.29) is 11.6 Å². The number of halogens is 2. The van der Waals surface area contributed by atoms with Gasteiger partial charge in [0.05, 0.1) is 24.0 Å². The normalized spacial score (nSPS) is 15.3. The van der Waals surface area contributed by atoms with Crippen LogP contribution in [-0.4, -0.2) is 16.7 Å². The molecule has 0 radical (unpaired) electrons. The van der Waals surface area contributed by atoms with E-state index < -0.39 is 0 Å². The number of fused-ring (bicyclic) bond motifs is 1. The smallest absolute Gasteiger partial charge is 0.167 e. The Hall–Kier alpha value is -1.29. The van der Waals surface area contributed by atoms with E-state index in [9.17, 15) is 4.39 Å². The summed E-state index contributed by atoms with van der Waals surface area (Å²) in [7, 11) is 1.47. The van der Waals surface area contributed by atoms with Crippen LogP contribution in [0.3, 0.4) is 0 Å².